The van der Waals surface area contributed by atoms with Gasteiger partial charge in [0.1, 0.15) is 0 Å². The van der Waals surface area contributed by atoms with Crippen molar-refractivity contribution in [3.8, 4) is 0 Å². The highest BCUT2D eigenvalue weighted by Crippen LogP contribution is 2.32. The summed E-state index contributed by atoms with van der Waals surface area (Å²) in [6.45, 7) is 2.95. The van der Waals surface area contributed by atoms with E-state index in [1.165, 1.54) is 0 Å². The highest BCUT2D eigenvalue weighted by atomic mass is 16.3. The molecule has 2 fully saturated rings. The minimum atomic E-state index is -0.275. The lowest BCUT2D eigenvalue weighted by molar-refractivity contribution is -0.134. The summed E-state index contributed by atoms with van der Waals surface area (Å²) < 4.78 is 0. The molecule has 0 aromatic carbocycles. The second-order valence-corrected chi connectivity index (χ2v) is 5.85. The van der Waals surface area contributed by atoms with Gasteiger partial charge in [-0.15, -0.1) is 0 Å². The number of carbonyl (C=O) groups excluding carboxylic acids is 1. The van der Waals surface area contributed by atoms with Crippen molar-refractivity contribution in [1.82, 2.24) is 4.90 Å². The van der Waals surface area contributed by atoms with Crippen LogP contribution in [0.2, 0.25) is 0 Å². The van der Waals surface area contributed by atoms with Gasteiger partial charge < -0.3 is 15.7 Å². The minimum Gasteiger partial charge on any atom is -0.394 e. The summed E-state index contributed by atoms with van der Waals surface area (Å²) >= 11 is 0. The molecule has 2 unspecified atom stereocenters. The molecular formula is C13H24N2O2. The second kappa shape index (κ2) is 4.94. The first-order chi connectivity index (χ1) is 8.06. The van der Waals surface area contributed by atoms with Gasteiger partial charge in [-0.3, -0.25) is 4.79 Å². The van der Waals surface area contributed by atoms with Gasteiger partial charge in [0.2, 0.25) is 5.91 Å². The molecule has 1 saturated carbocycles. The first-order valence-electron chi connectivity index (χ1n) is 6.75. The van der Waals surface area contributed by atoms with Crippen LogP contribution in [-0.4, -0.2) is 40.6 Å². The van der Waals surface area contributed by atoms with Crippen molar-refractivity contribution in [2.45, 2.75) is 57.0 Å². The molecule has 2 rings (SSSR count). The summed E-state index contributed by atoms with van der Waals surface area (Å²) in [6, 6.07) is 0.00695. The van der Waals surface area contributed by atoms with Crippen LogP contribution in [-0.2, 0) is 4.79 Å². The zero-order valence-electron chi connectivity index (χ0n) is 10.7. The van der Waals surface area contributed by atoms with E-state index in [-0.39, 0.29) is 24.1 Å². The van der Waals surface area contributed by atoms with Crippen molar-refractivity contribution < 1.29 is 9.90 Å². The number of hydrogen-bond acceptors (Lipinski definition) is 3. The Labute approximate surface area is 103 Å². The van der Waals surface area contributed by atoms with Gasteiger partial charge in [-0.05, 0) is 25.2 Å². The van der Waals surface area contributed by atoms with Crippen molar-refractivity contribution in [2.75, 3.05) is 13.2 Å². The van der Waals surface area contributed by atoms with E-state index < -0.39 is 0 Å². The standard InChI is InChI=1S/C13H24N2O2/c1-10-4-7-15(11(10)9-16)12(17)8-13(14)5-2-3-6-13/h10-11,16H,2-9,14H2,1H3. The third-order valence-corrected chi connectivity index (χ3v) is 4.49. The summed E-state index contributed by atoms with van der Waals surface area (Å²) in [6.07, 6.45) is 5.66. The number of rotatable bonds is 3. The molecule has 0 bridgehead atoms. The number of likely N-dealkylation sites (tertiary alicyclic amines) is 1. The number of carbonyl (C=O) groups is 1. The van der Waals surface area contributed by atoms with E-state index in [1.807, 2.05) is 4.90 Å². The fourth-order valence-electron chi connectivity index (χ4n) is 3.25. The molecule has 0 aromatic heterocycles. The molecule has 0 aromatic rings. The zero-order chi connectivity index (χ0) is 12.5. The van der Waals surface area contributed by atoms with Crippen molar-refractivity contribution in [2.24, 2.45) is 11.7 Å². The van der Waals surface area contributed by atoms with Gasteiger partial charge in [0.05, 0.1) is 12.6 Å². The fraction of sp³-hybridized carbons (Fsp3) is 0.923. The summed E-state index contributed by atoms with van der Waals surface area (Å²) in [5, 5.41) is 9.36. The van der Waals surface area contributed by atoms with Crippen LogP contribution < -0.4 is 5.73 Å². The summed E-state index contributed by atoms with van der Waals surface area (Å²) in [5.74, 6) is 0.541. The van der Waals surface area contributed by atoms with Gasteiger partial charge in [0.15, 0.2) is 0 Å². The maximum Gasteiger partial charge on any atom is 0.224 e. The van der Waals surface area contributed by atoms with Crippen LogP contribution in [0.15, 0.2) is 0 Å². The van der Waals surface area contributed by atoms with E-state index in [1.54, 1.807) is 0 Å². The maximum atomic E-state index is 12.3. The van der Waals surface area contributed by atoms with Crippen LogP contribution in [0.3, 0.4) is 0 Å². The fourth-order valence-corrected chi connectivity index (χ4v) is 3.25. The average Bonchev–Trinajstić information content (AvgIpc) is 2.84. The second-order valence-electron chi connectivity index (χ2n) is 5.85. The first kappa shape index (κ1) is 12.8. The Morgan fingerprint density at radius 3 is 2.71 bits per heavy atom. The SMILES string of the molecule is CC1CCN(C(=O)CC2(N)CCCC2)C1CO. The molecule has 4 heteroatoms. The molecule has 1 aliphatic carbocycles. The van der Waals surface area contributed by atoms with Crippen LogP contribution in [0, 0.1) is 5.92 Å². The smallest absolute Gasteiger partial charge is 0.224 e. The molecule has 17 heavy (non-hydrogen) atoms. The maximum absolute atomic E-state index is 12.3. The van der Waals surface area contributed by atoms with Gasteiger partial charge >= 0.3 is 0 Å². The summed E-state index contributed by atoms with van der Waals surface area (Å²) in [4.78, 5) is 14.1. The summed E-state index contributed by atoms with van der Waals surface area (Å²) in [5.41, 5.74) is 5.96. The molecule has 1 aliphatic heterocycles. The van der Waals surface area contributed by atoms with Crippen LogP contribution >= 0.6 is 0 Å². The van der Waals surface area contributed by atoms with E-state index in [9.17, 15) is 9.90 Å². The van der Waals surface area contributed by atoms with Crippen LogP contribution in [0.25, 0.3) is 0 Å². The Bertz CT molecular complexity index is 287. The molecule has 4 nitrogen and oxygen atoms in total. The molecule has 1 heterocycles. The van der Waals surface area contributed by atoms with Crippen LogP contribution in [0.1, 0.15) is 45.4 Å². The first-order valence-corrected chi connectivity index (χ1v) is 6.75. The predicted molar refractivity (Wildman–Crippen MR) is 66.4 cm³/mol. The number of amides is 1. The molecule has 2 atom stereocenters. The number of hydrogen-bond donors (Lipinski definition) is 2. The Morgan fingerprint density at radius 1 is 1.47 bits per heavy atom. The quantitative estimate of drug-likeness (QED) is 0.769. The Kier molecular flexibility index (Phi) is 3.73. The van der Waals surface area contributed by atoms with E-state index in [4.69, 9.17) is 5.73 Å². The third kappa shape index (κ3) is 2.63. The minimum absolute atomic E-state index is 0.00695. The molecule has 0 radical (unpaired) electrons. The van der Waals surface area contributed by atoms with Gasteiger partial charge in [0, 0.05) is 18.5 Å². The molecule has 2 aliphatic rings. The lowest BCUT2D eigenvalue weighted by Crippen LogP contribution is -2.46. The lowest BCUT2D eigenvalue weighted by Gasteiger charge is -2.30. The molecule has 3 N–H and O–H groups in total. The molecule has 0 spiro atoms. The average molecular weight is 240 g/mol. The monoisotopic (exact) mass is 240 g/mol. The summed E-state index contributed by atoms with van der Waals surface area (Å²) in [7, 11) is 0. The largest absolute Gasteiger partial charge is 0.394 e. The van der Waals surface area contributed by atoms with Gasteiger partial charge in [0.25, 0.3) is 0 Å². The van der Waals surface area contributed by atoms with E-state index in [0.29, 0.717) is 12.3 Å². The van der Waals surface area contributed by atoms with Gasteiger partial charge in [-0.25, -0.2) is 0 Å². The van der Waals surface area contributed by atoms with Gasteiger partial charge in [-0.2, -0.15) is 0 Å². The lowest BCUT2D eigenvalue weighted by atomic mass is 9.93. The highest BCUT2D eigenvalue weighted by Gasteiger charge is 2.38. The van der Waals surface area contributed by atoms with E-state index in [0.717, 1.165) is 38.6 Å². The molecule has 98 valence electrons. The van der Waals surface area contributed by atoms with Crippen molar-refractivity contribution in [3.05, 3.63) is 0 Å². The normalized spacial score (nSPS) is 32.1. The molecule has 1 saturated heterocycles. The predicted octanol–water partition coefficient (Wildman–Crippen LogP) is 0.877. The highest BCUT2D eigenvalue weighted by molar-refractivity contribution is 5.78. The number of nitrogens with zero attached hydrogens (tertiary/aromatic N) is 1. The van der Waals surface area contributed by atoms with Crippen molar-refractivity contribution in [3.63, 3.8) is 0 Å². The van der Waals surface area contributed by atoms with Crippen LogP contribution in [0.4, 0.5) is 0 Å². The zero-order valence-corrected chi connectivity index (χ0v) is 10.7. The molecular weight excluding hydrogens is 216 g/mol. The van der Waals surface area contributed by atoms with E-state index >= 15 is 0 Å². The topological polar surface area (TPSA) is 66.6 Å². The number of nitrogens with two attached hydrogens (primary N) is 1. The number of aliphatic hydroxyl groups excluding tert-OH is 1. The third-order valence-electron chi connectivity index (χ3n) is 4.49. The molecule has 1 amide bonds. The van der Waals surface area contributed by atoms with Crippen LogP contribution in [0.5, 0.6) is 0 Å². The van der Waals surface area contributed by atoms with Gasteiger partial charge in [-0.1, -0.05) is 19.8 Å². The van der Waals surface area contributed by atoms with Crippen molar-refractivity contribution in [1.29, 1.82) is 0 Å². The Morgan fingerprint density at radius 2 is 2.12 bits per heavy atom. The Hall–Kier alpha value is -0.610. The van der Waals surface area contributed by atoms with Crippen molar-refractivity contribution >= 4 is 5.91 Å². The number of aliphatic hydroxyl groups is 1. The van der Waals surface area contributed by atoms with E-state index in [2.05, 4.69) is 6.92 Å². The Balaban J connectivity index is 1.95.